The Bertz CT molecular complexity index is 765. The number of hydrogen-bond donors (Lipinski definition) is 0. The molecule has 0 spiro atoms. The van der Waals surface area contributed by atoms with Crippen LogP contribution in [0.4, 0.5) is 4.39 Å². The van der Waals surface area contributed by atoms with Crippen molar-refractivity contribution in [1.29, 1.82) is 0 Å². The van der Waals surface area contributed by atoms with Crippen LogP contribution < -0.4 is 4.74 Å². The predicted molar refractivity (Wildman–Crippen MR) is 78.7 cm³/mol. The fourth-order valence-corrected chi connectivity index (χ4v) is 2.69. The maximum Gasteiger partial charge on any atom is 0.261 e. The molecule has 3 nitrogen and oxygen atoms in total. The lowest BCUT2D eigenvalue weighted by Gasteiger charge is -2.08. The molecule has 0 aliphatic carbocycles. The summed E-state index contributed by atoms with van der Waals surface area (Å²) in [5, 5.41) is 0.0510. The third kappa shape index (κ3) is 3.63. The molecule has 20 heavy (non-hydrogen) atoms. The van der Waals surface area contributed by atoms with Crippen molar-refractivity contribution < 1.29 is 17.5 Å². The number of hydrogen-bond acceptors (Lipinski definition) is 3. The summed E-state index contributed by atoms with van der Waals surface area (Å²) in [7, 11) is 1.34. The number of rotatable bonds is 3. The Morgan fingerprint density at radius 3 is 2.40 bits per heavy atom. The first-order chi connectivity index (χ1) is 9.27. The monoisotopic (exact) mass is 398 g/mol. The fourth-order valence-electron chi connectivity index (χ4n) is 1.38. The largest absolute Gasteiger partial charge is 0.456 e. The first kappa shape index (κ1) is 15.6. The number of benzene rings is 2. The van der Waals surface area contributed by atoms with Crippen molar-refractivity contribution in [2.75, 3.05) is 0 Å². The van der Waals surface area contributed by atoms with Crippen LogP contribution in [0.2, 0.25) is 5.02 Å². The van der Waals surface area contributed by atoms with Gasteiger partial charge in [0.05, 0.1) is 14.4 Å². The molecule has 0 aliphatic rings. The molecule has 2 aromatic rings. The Labute approximate surface area is 132 Å². The van der Waals surface area contributed by atoms with Gasteiger partial charge in [-0.15, -0.1) is 0 Å². The molecule has 0 bridgehead atoms. The van der Waals surface area contributed by atoms with Crippen molar-refractivity contribution in [3.63, 3.8) is 0 Å². The topological polar surface area (TPSA) is 43.4 Å². The highest BCUT2D eigenvalue weighted by atomic mass is 79.9. The second kappa shape index (κ2) is 5.89. The molecule has 106 valence electrons. The summed E-state index contributed by atoms with van der Waals surface area (Å²) < 4.78 is 41.3. The molecule has 0 saturated carbocycles. The Morgan fingerprint density at radius 1 is 1.15 bits per heavy atom. The van der Waals surface area contributed by atoms with E-state index >= 15 is 0 Å². The van der Waals surface area contributed by atoms with Crippen molar-refractivity contribution in [1.82, 2.24) is 0 Å². The van der Waals surface area contributed by atoms with E-state index < -0.39 is 14.9 Å². The molecule has 0 N–H and O–H groups in total. The van der Waals surface area contributed by atoms with Crippen molar-refractivity contribution >= 4 is 47.3 Å². The number of ether oxygens (including phenoxy) is 1. The van der Waals surface area contributed by atoms with Gasteiger partial charge in [0.25, 0.3) is 9.05 Å². The van der Waals surface area contributed by atoms with Crippen molar-refractivity contribution in [2.45, 2.75) is 4.90 Å². The SMILES string of the molecule is O=S(=O)(Cl)c1ccc(Oc2ccc(Br)c(F)c2)c(Cl)c1. The zero-order valence-electron chi connectivity index (χ0n) is 9.61. The van der Waals surface area contributed by atoms with E-state index in [0.29, 0.717) is 4.47 Å². The van der Waals surface area contributed by atoms with E-state index in [-0.39, 0.29) is 21.4 Å². The molecule has 0 unspecified atom stereocenters. The summed E-state index contributed by atoms with van der Waals surface area (Å²) in [6.45, 7) is 0. The Hall–Kier alpha value is -0.820. The van der Waals surface area contributed by atoms with Gasteiger partial charge in [0, 0.05) is 16.7 Å². The van der Waals surface area contributed by atoms with Crippen molar-refractivity contribution in [3.05, 3.63) is 51.7 Å². The molecule has 0 saturated heterocycles. The second-order valence-corrected chi connectivity index (χ2v) is 7.54. The van der Waals surface area contributed by atoms with E-state index in [1.54, 1.807) is 0 Å². The average Bonchev–Trinajstić information content (AvgIpc) is 2.35. The highest BCUT2D eigenvalue weighted by Gasteiger charge is 2.13. The second-order valence-electron chi connectivity index (χ2n) is 3.71. The normalized spacial score (nSPS) is 11.4. The van der Waals surface area contributed by atoms with Crippen LogP contribution in [0.15, 0.2) is 45.8 Å². The molecule has 2 rings (SSSR count). The van der Waals surface area contributed by atoms with Crippen molar-refractivity contribution in [3.8, 4) is 11.5 Å². The molecule has 0 fully saturated rings. The van der Waals surface area contributed by atoms with Crippen LogP contribution in [0.1, 0.15) is 0 Å². The van der Waals surface area contributed by atoms with Crippen LogP contribution >= 0.6 is 38.2 Å². The van der Waals surface area contributed by atoms with E-state index in [1.165, 1.54) is 30.3 Å². The molecule has 2 aromatic carbocycles. The lowest BCUT2D eigenvalue weighted by Crippen LogP contribution is -1.92. The summed E-state index contributed by atoms with van der Waals surface area (Å²) in [5.74, 6) is -0.0647. The van der Waals surface area contributed by atoms with E-state index in [2.05, 4.69) is 15.9 Å². The summed E-state index contributed by atoms with van der Waals surface area (Å²) >= 11 is 8.93. The molecule has 0 atom stereocenters. The van der Waals surface area contributed by atoms with Gasteiger partial charge in [-0.3, -0.25) is 0 Å². The fraction of sp³-hybridized carbons (Fsp3) is 0. The lowest BCUT2D eigenvalue weighted by atomic mass is 10.3. The molecule has 0 aromatic heterocycles. The minimum absolute atomic E-state index is 0.0510. The molecule has 0 aliphatic heterocycles. The molecule has 0 amide bonds. The summed E-state index contributed by atoms with van der Waals surface area (Å²) in [6.07, 6.45) is 0. The van der Waals surface area contributed by atoms with E-state index in [1.807, 2.05) is 0 Å². The van der Waals surface area contributed by atoms with Crippen molar-refractivity contribution in [2.24, 2.45) is 0 Å². The predicted octanol–water partition coefficient (Wildman–Crippen LogP) is 4.96. The van der Waals surface area contributed by atoms with Gasteiger partial charge in [-0.2, -0.15) is 0 Å². The highest BCUT2D eigenvalue weighted by Crippen LogP contribution is 2.33. The van der Waals surface area contributed by atoms with Crippen LogP contribution in [0, 0.1) is 5.82 Å². The summed E-state index contributed by atoms with van der Waals surface area (Å²) in [6, 6.07) is 7.95. The third-order valence-corrected chi connectivity index (χ3v) is 4.59. The van der Waals surface area contributed by atoms with Crippen LogP contribution in [0.3, 0.4) is 0 Å². The maximum atomic E-state index is 13.3. The highest BCUT2D eigenvalue weighted by molar-refractivity contribution is 9.10. The summed E-state index contributed by atoms with van der Waals surface area (Å²) in [4.78, 5) is -0.140. The van der Waals surface area contributed by atoms with Gasteiger partial charge in [-0.1, -0.05) is 11.6 Å². The van der Waals surface area contributed by atoms with Crippen LogP contribution in [-0.4, -0.2) is 8.42 Å². The lowest BCUT2D eigenvalue weighted by molar-refractivity contribution is 0.476. The minimum atomic E-state index is -3.86. The van der Waals surface area contributed by atoms with Crippen LogP contribution in [-0.2, 0) is 9.05 Å². The molecule has 0 heterocycles. The quantitative estimate of drug-likeness (QED) is 0.685. The molecule has 0 radical (unpaired) electrons. The standard InChI is InChI=1S/C12H6BrCl2FO3S/c13-9-3-1-7(5-11(9)16)19-12-4-2-8(6-10(12)14)20(15,17)18/h1-6H. The first-order valence-electron chi connectivity index (χ1n) is 5.14. The Kier molecular flexibility index (Phi) is 4.59. The molecule has 8 heteroatoms. The van der Waals surface area contributed by atoms with Gasteiger partial charge in [-0.25, -0.2) is 12.8 Å². The van der Waals surface area contributed by atoms with Gasteiger partial charge < -0.3 is 4.74 Å². The Morgan fingerprint density at radius 2 is 1.85 bits per heavy atom. The van der Waals surface area contributed by atoms with Crippen LogP contribution in [0.5, 0.6) is 11.5 Å². The summed E-state index contributed by atoms with van der Waals surface area (Å²) in [5.41, 5.74) is 0. The van der Waals surface area contributed by atoms with Crippen LogP contribution in [0.25, 0.3) is 0 Å². The van der Waals surface area contributed by atoms with Gasteiger partial charge in [-0.05, 0) is 46.3 Å². The third-order valence-electron chi connectivity index (χ3n) is 2.30. The molecular formula is C12H6BrCl2FO3S. The van der Waals surface area contributed by atoms with E-state index in [0.717, 1.165) is 6.07 Å². The minimum Gasteiger partial charge on any atom is -0.456 e. The average molecular weight is 400 g/mol. The van der Waals surface area contributed by atoms with E-state index in [4.69, 9.17) is 27.0 Å². The first-order valence-corrected chi connectivity index (χ1v) is 8.62. The zero-order chi connectivity index (χ0) is 14.9. The zero-order valence-corrected chi connectivity index (χ0v) is 13.5. The van der Waals surface area contributed by atoms with Gasteiger partial charge in [0.1, 0.15) is 17.3 Å². The smallest absolute Gasteiger partial charge is 0.261 e. The van der Waals surface area contributed by atoms with Gasteiger partial charge in [0.15, 0.2) is 0 Å². The maximum absolute atomic E-state index is 13.3. The van der Waals surface area contributed by atoms with E-state index in [9.17, 15) is 12.8 Å². The van der Waals surface area contributed by atoms with Gasteiger partial charge >= 0.3 is 0 Å². The Balaban J connectivity index is 2.32. The number of halogens is 4. The molecular weight excluding hydrogens is 394 g/mol. The van der Waals surface area contributed by atoms with Gasteiger partial charge in [0.2, 0.25) is 0 Å².